The summed E-state index contributed by atoms with van der Waals surface area (Å²) in [5, 5.41) is 9.87. The SMILES string of the molecule is CC1=NN(c2ccc(F)cc2Cl)C(=O)C12CCC(NC(=O)c1ccc3cc[nH]c3n1)CC2. The molecule has 1 spiro atoms. The number of aromatic amines is 1. The molecule has 0 saturated heterocycles. The van der Waals surface area contributed by atoms with Crippen LogP contribution in [-0.2, 0) is 4.79 Å². The molecule has 1 aliphatic carbocycles. The second-order valence-electron chi connectivity index (χ2n) is 8.34. The van der Waals surface area contributed by atoms with Gasteiger partial charge in [-0.3, -0.25) is 9.59 Å². The van der Waals surface area contributed by atoms with Crippen LogP contribution in [0.25, 0.3) is 11.0 Å². The van der Waals surface area contributed by atoms with Crippen LogP contribution in [0, 0.1) is 11.2 Å². The summed E-state index contributed by atoms with van der Waals surface area (Å²) in [6, 6.07) is 9.30. The van der Waals surface area contributed by atoms with E-state index in [9.17, 15) is 14.0 Å². The minimum atomic E-state index is -0.722. The quantitative estimate of drug-likeness (QED) is 0.614. The molecule has 9 heteroatoms. The lowest BCUT2D eigenvalue weighted by Gasteiger charge is -2.36. The normalized spacial score (nSPS) is 23.1. The highest BCUT2D eigenvalue weighted by molar-refractivity contribution is 6.34. The molecule has 32 heavy (non-hydrogen) atoms. The van der Waals surface area contributed by atoms with E-state index in [4.69, 9.17) is 11.6 Å². The van der Waals surface area contributed by atoms with Crippen molar-refractivity contribution in [1.82, 2.24) is 15.3 Å². The predicted molar refractivity (Wildman–Crippen MR) is 120 cm³/mol. The largest absolute Gasteiger partial charge is 0.348 e. The Kier molecular flexibility index (Phi) is 4.97. The molecule has 1 aliphatic heterocycles. The Morgan fingerprint density at radius 3 is 2.78 bits per heavy atom. The number of nitrogens with one attached hydrogen (secondary N) is 2. The van der Waals surface area contributed by atoms with Crippen LogP contribution in [0.1, 0.15) is 43.1 Å². The maximum atomic E-state index is 13.4. The lowest BCUT2D eigenvalue weighted by molar-refractivity contribution is -0.125. The fourth-order valence-electron chi connectivity index (χ4n) is 4.61. The third kappa shape index (κ3) is 3.35. The minimum Gasteiger partial charge on any atom is -0.348 e. The number of hydrogen-bond donors (Lipinski definition) is 2. The van der Waals surface area contributed by atoms with Gasteiger partial charge in [0.2, 0.25) is 0 Å². The molecule has 0 bridgehead atoms. The molecule has 0 atom stereocenters. The average molecular weight is 454 g/mol. The van der Waals surface area contributed by atoms with Crippen LogP contribution in [0.5, 0.6) is 0 Å². The first-order chi connectivity index (χ1) is 15.4. The van der Waals surface area contributed by atoms with Crippen LogP contribution in [0.3, 0.4) is 0 Å². The van der Waals surface area contributed by atoms with E-state index in [-0.39, 0.29) is 22.9 Å². The molecular weight excluding hydrogens is 433 g/mol. The van der Waals surface area contributed by atoms with Gasteiger partial charge in [0, 0.05) is 17.6 Å². The topological polar surface area (TPSA) is 90.5 Å². The van der Waals surface area contributed by atoms with Crippen molar-refractivity contribution in [1.29, 1.82) is 0 Å². The van der Waals surface area contributed by atoms with E-state index in [1.165, 1.54) is 23.2 Å². The first-order valence-corrected chi connectivity index (χ1v) is 10.9. The smallest absolute Gasteiger partial charge is 0.270 e. The van der Waals surface area contributed by atoms with Gasteiger partial charge in [0.15, 0.2) is 0 Å². The van der Waals surface area contributed by atoms with Gasteiger partial charge < -0.3 is 10.3 Å². The zero-order valence-corrected chi connectivity index (χ0v) is 18.1. The Morgan fingerprint density at radius 1 is 1.25 bits per heavy atom. The minimum absolute atomic E-state index is 0.0571. The zero-order valence-electron chi connectivity index (χ0n) is 17.4. The van der Waals surface area contributed by atoms with Gasteiger partial charge in [0.1, 0.15) is 17.2 Å². The standard InChI is InChI=1S/C23H21ClFN5O2/c1-13-23(22(32)30(29-13)19-5-3-15(25)12-17(19)24)9-6-16(7-10-23)27-21(31)18-4-2-14-8-11-26-20(14)28-18/h2-5,8,11-12,16H,6-7,9-10H2,1H3,(H,26,28)(H,27,31). The number of hydrazone groups is 1. The summed E-state index contributed by atoms with van der Waals surface area (Å²) in [7, 11) is 0. The Labute approximate surface area is 188 Å². The summed E-state index contributed by atoms with van der Waals surface area (Å²) >= 11 is 6.16. The number of carbonyl (C=O) groups excluding carboxylic acids is 2. The molecule has 2 amide bonds. The molecule has 3 heterocycles. The number of amides is 2. The second-order valence-corrected chi connectivity index (χ2v) is 8.75. The van der Waals surface area contributed by atoms with Crippen LogP contribution in [0.15, 0.2) is 47.7 Å². The number of benzene rings is 1. The fourth-order valence-corrected chi connectivity index (χ4v) is 4.86. The van der Waals surface area contributed by atoms with E-state index in [2.05, 4.69) is 20.4 Å². The van der Waals surface area contributed by atoms with E-state index in [0.717, 1.165) is 5.39 Å². The van der Waals surface area contributed by atoms with Crippen LogP contribution in [-0.4, -0.2) is 33.5 Å². The van der Waals surface area contributed by atoms with Crippen molar-refractivity contribution in [3.05, 3.63) is 59.1 Å². The number of pyridine rings is 1. The third-order valence-electron chi connectivity index (χ3n) is 6.50. The number of carbonyl (C=O) groups is 2. The zero-order chi connectivity index (χ0) is 22.5. The number of nitrogens with zero attached hydrogens (tertiary/aromatic N) is 3. The lowest BCUT2D eigenvalue weighted by atomic mass is 9.69. The molecular formula is C23H21ClFN5O2. The molecule has 2 aromatic heterocycles. The Hall–Kier alpha value is -3.26. The lowest BCUT2D eigenvalue weighted by Crippen LogP contribution is -2.47. The van der Waals surface area contributed by atoms with Gasteiger partial charge in [0.25, 0.3) is 11.8 Å². The maximum absolute atomic E-state index is 13.4. The third-order valence-corrected chi connectivity index (χ3v) is 6.80. The van der Waals surface area contributed by atoms with Crippen molar-refractivity contribution in [2.45, 2.75) is 38.6 Å². The van der Waals surface area contributed by atoms with Crippen molar-refractivity contribution in [2.24, 2.45) is 10.5 Å². The van der Waals surface area contributed by atoms with Gasteiger partial charge in [-0.15, -0.1) is 0 Å². The van der Waals surface area contributed by atoms with Crippen LogP contribution >= 0.6 is 11.6 Å². The summed E-state index contributed by atoms with van der Waals surface area (Å²) in [4.78, 5) is 33.4. The van der Waals surface area contributed by atoms with Gasteiger partial charge in [-0.25, -0.2) is 9.37 Å². The van der Waals surface area contributed by atoms with Gasteiger partial charge >= 0.3 is 0 Å². The Balaban J connectivity index is 1.27. The molecule has 5 rings (SSSR count). The summed E-state index contributed by atoms with van der Waals surface area (Å²) < 4.78 is 13.4. The Morgan fingerprint density at radius 2 is 2.03 bits per heavy atom. The number of rotatable bonds is 3. The van der Waals surface area contributed by atoms with E-state index in [1.54, 1.807) is 12.3 Å². The molecule has 0 unspecified atom stereocenters. The van der Waals surface area contributed by atoms with Crippen molar-refractivity contribution in [2.75, 3.05) is 5.01 Å². The highest BCUT2D eigenvalue weighted by Gasteiger charge is 2.51. The average Bonchev–Trinajstić information content (AvgIpc) is 3.34. The second kappa shape index (κ2) is 7.70. The van der Waals surface area contributed by atoms with Crippen molar-refractivity contribution < 1.29 is 14.0 Å². The number of fused-ring (bicyclic) bond motifs is 1. The van der Waals surface area contributed by atoms with E-state index in [0.29, 0.717) is 48.4 Å². The molecule has 2 N–H and O–H groups in total. The maximum Gasteiger partial charge on any atom is 0.270 e. The molecule has 7 nitrogen and oxygen atoms in total. The molecule has 0 radical (unpaired) electrons. The summed E-state index contributed by atoms with van der Waals surface area (Å²) in [5.74, 6) is -0.862. The molecule has 1 saturated carbocycles. The summed E-state index contributed by atoms with van der Waals surface area (Å²) in [6.45, 7) is 1.84. The number of aromatic nitrogens is 2. The number of halogens is 2. The van der Waals surface area contributed by atoms with Crippen molar-refractivity contribution in [3.8, 4) is 0 Å². The molecule has 3 aromatic rings. The summed E-state index contributed by atoms with van der Waals surface area (Å²) in [6.07, 6.45) is 4.18. The van der Waals surface area contributed by atoms with E-state index in [1.807, 2.05) is 19.1 Å². The van der Waals surface area contributed by atoms with Gasteiger partial charge in [-0.05, 0) is 69.0 Å². The highest BCUT2D eigenvalue weighted by Crippen LogP contribution is 2.45. The van der Waals surface area contributed by atoms with E-state index < -0.39 is 11.2 Å². The van der Waals surface area contributed by atoms with Crippen LogP contribution in [0.2, 0.25) is 5.02 Å². The van der Waals surface area contributed by atoms with E-state index >= 15 is 0 Å². The van der Waals surface area contributed by atoms with Crippen molar-refractivity contribution >= 4 is 45.8 Å². The van der Waals surface area contributed by atoms with Gasteiger partial charge in [-0.1, -0.05) is 11.6 Å². The van der Waals surface area contributed by atoms with Gasteiger partial charge in [-0.2, -0.15) is 10.1 Å². The first kappa shape index (κ1) is 20.6. The molecule has 1 fully saturated rings. The van der Waals surface area contributed by atoms with Crippen molar-refractivity contribution in [3.63, 3.8) is 0 Å². The molecule has 164 valence electrons. The highest BCUT2D eigenvalue weighted by atomic mass is 35.5. The monoisotopic (exact) mass is 453 g/mol. The Bertz CT molecular complexity index is 1260. The number of hydrogen-bond acceptors (Lipinski definition) is 4. The first-order valence-electron chi connectivity index (χ1n) is 10.5. The molecule has 2 aliphatic rings. The molecule has 1 aromatic carbocycles. The predicted octanol–water partition coefficient (Wildman–Crippen LogP) is 4.44. The number of H-pyrrole nitrogens is 1. The van der Waals surface area contributed by atoms with Crippen LogP contribution < -0.4 is 10.3 Å². The fraction of sp³-hybridized carbons (Fsp3) is 0.304. The summed E-state index contributed by atoms with van der Waals surface area (Å²) in [5.41, 5.74) is 1.39. The van der Waals surface area contributed by atoms with Crippen LogP contribution in [0.4, 0.5) is 10.1 Å². The number of anilines is 1. The van der Waals surface area contributed by atoms with Gasteiger partial charge in [0.05, 0.1) is 21.8 Å².